The predicted octanol–water partition coefficient (Wildman–Crippen LogP) is 4.46. The highest BCUT2D eigenvalue weighted by atomic mass is 79.9. The molecular weight excluding hydrogens is 375 g/mol. The van der Waals surface area contributed by atoms with Gasteiger partial charge in [-0.2, -0.15) is 0 Å². The highest BCUT2D eigenvalue weighted by Gasteiger charge is 2.14. The predicted molar refractivity (Wildman–Crippen MR) is 83.7 cm³/mol. The van der Waals surface area contributed by atoms with Crippen LogP contribution in [0.15, 0.2) is 51.4 Å². The normalized spacial score (nSPS) is 12.2. The van der Waals surface area contributed by atoms with Gasteiger partial charge < -0.3 is 11.1 Å². The number of rotatable bonds is 4. The van der Waals surface area contributed by atoms with Gasteiger partial charge in [-0.05, 0) is 36.4 Å². The van der Waals surface area contributed by atoms with E-state index in [0.29, 0.717) is 12.1 Å². The van der Waals surface area contributed by atoms with E-state index in [4.69, 9.17) is 5.73 Å². The molecule has 0 heterocycles. The quantitative estimate of drug-likeness (QED) is 0.812. The summed E-state index contributed by atoms with van der Waals surface area (Å²) >= 11 is 6.75. The molecule has 2 aromatic carbocycles. The van der Waals surface area contributed by atoms with Crippen molar-refractivity contribution < 1.29 is 4.39 Å². The molecule has 100 valence electrons. The van der Waals surface area contributed by atoms with E-state index in [9.17, 15) is 4.39 Å². The van der Waals surface area contributed by atoms with Crippen molar-refractivity contribution in [3.05, 3.63) is 62.8 Å². The van der Waals surface area contributed by atoms with Crippen molar-refractivity contribution in [2.45, 2.75) is 6.04 Å². The Labute approximate surface area is 128 Å². The average molecular weight is 388 g/mol. The van der Waals surface area contributed by atoms with Gasteiger partial charge in [0.1, 0.15) is 5.82 Å². The van der Waals surface area contributed by atoms with Crippen LogP contribution in [-0.4, -0.2) is 6.54 Å². The molecule has 0 fully saturated rings. The van der Waals surface area contributed by atoms with E-state index in [1.165, 1.54) is 6.07 Å². The van der Waals surface area contributed by atoms with Gasteiger partial charge in [-0.15, -0.1) is 0 Å². The van der Waals surface area contributed by atoms with Gasteiger partial charge in [0.2, 0.25) is 0 Å². The van der Waals surface area contributed by atoms with E-state index < -0.39 is 0 Å². The Morgan fingerprint density at radius 3 is 2.53 bits per heavy atom. The molecule has 0 bridgehead atoms. The zero-order chi connectivity index (χ0) is 13.8. The first-order valence-electron chi connectivity index (χ1n) is 5.77. The molecule has 0 saturated carbocycles. The Morgan fingerprint density at radius 1 is 1.11 bits per heavy atom. The summed E-state index contributed by atoms with van der Waals surface area (Å²) in [6.07, 6.45) is 0. The Kier molecular flexibility index (Phi) is 4.96. The van der Waals surface area contributed by atoms with Gasteiger partial charge in [0.05, 0.1) is 6.04 Å². The van der Waals surface area contributed by atoms with Gasteiger partial charge >= 0.3 is 0 Å². The lowest BCUT2D eigenvalue weighted by Gasteiger charge is -2.19. The maximum absolute atomic E-state index is 13.9. The van der Waals surface area contributed by atoms with Crippen molar-refractivity contribution in [1.29, 1.82) is 0 Å². The van der Waals surface area contributed by atoms with E-state index in [1.807, 2.05) is 24.3 Å². The molecule has 1 atom stereocenters. The van der Waals surface area contributed by atoms with Crippen molar-refractivity contribution in [3.63, 3.8) is 0 Å². The molecule has 0 aliphatic carbocycles. The van der Waals surface area contributed by atoms with Crippen LogP contribution in [0.4, 0.5) is 10.1 Å². The lowest BCUT2D eigenvalue weighted by atomic mass is 10.1. The first-order valence-corrected chi connectivity index (χ1v) is 7.36. The summed E-state index contributed by atoms with van der Waals surface area (Å²) in [5.41, 5.74) is 7.20. The first kappa shape index (κ1) is 14.5. The molecule has 0 spiro atoms. The molecule has 19 heavy (non-hydrogen) atoms. The van der Waals surface area contributed by atoms with Gasteiger partial charge in [0, 0.05) is 26.7 Å². The Balaban J connectivity index is 2.27. The van der Waals surface area contributed by atoms with Crippen molar-refractivity contribution in [2.24, 2.45) is 5.73 Å². The van der Waals surface area contributed by atoms with Gasteiger partial charge in [-0.1, -0.05) is 37.9 Å². The molecule has 0 amide bonds. The molecule has 0 saturated heterocycles. The fourth-order valence-electron chi connectivity index (χ4n) is 1.82. The van der Waals surface area contributed by atoms with Gasteiger partial charge in [-0.3, -0.25) is 0 Å². The molecule has 3 N–H and O–H groups in total. The van der Waals surface area contributed by atoms with E-state index in [-0.39, 0.29) is 11.9 Å². The SMILES string of the molecule is NCC(Nc1cccc(Br)c1)c1cc(Br)ccc1F. The van der Waals surface area contributed by atoms with Crippen LogP contribution in [0.2, 0.25) is 0 Å². The number of halogens is 3. The molecule has 0 aromatic heterocycles. The first-order chi connectivity index (χ1) is 9.10. The van der Waals surface area contributed by atoms with Gasteiger partial charge in [0.25, 0.3) is 0 Å². The van der Waals surface area contributed by atoms with Crippen molar-refractivity contribution in [3.8, 4) is 0 Å². The second-order valence-corrected chi connectivity index (χ2v) is 5.94. The number of nitrogens with one attached hydrogen (secondary N) is 1. The number of anilines is 1. The summed E-state index contributed by atoms with van der Waals surface area (Å²) in [6, 6.07) is 12.3. The second-order valence-electron chi connectivity index (χ2n) is 4.11. The van der Waals surface area contributed by atoms with Crippen molar-refractivity contribution >= 4 is 37.5 Å². The number of hydrogen-bond acceptors (Lipinski definition) is 2. The zero-order valence-corrected chi connectivity index (χ0v) is 13.2. The fraction of sp³-hybridized carbons (Fsp3) is 0.143. The minimum Gasteiger partial charge on any atom is -0.377 e. The molecular formula is C14H13Br2FN2. The molecule has 2 nitrogen and oxygen atoms in total. The molecule has 2 rings (SSSR count). The van der Waals surface area contributed by atoms with Crippen molar-refractivity contribution in [1.82, 2.24) is 0 Å². The Hall–Kier alpha value is -0.910. The molecule has 0 radical (unpaired) electrons. The summed E-state index contributed by atoms with van der Waals surface area (Å²) in [5.74, 6) is -0.263. The lowest BCUT2D eigenvalue weighted by Crippen LogP contribution is -2.21. The lowest BCUT2D eigenvalue weighted by molar-refractivity contribution is 0.593. The summed E-state index contributed by atoms with van der Waals surface area (Å²) in [4.78, 5) is 0. The van der Waals surface area contributed by atoms with E-state index in [1.54, 1.807) is 12.1 Å². The topological polar surface area (TPSA) is 38.0 Å². The van der Waals surface area contributed by atoms with Crippen LogP contribution in [-0.2, 0) is 0 Å². The van der Waals surface area contributed by atoms with Crippen molar-refractivity contribution in [2.75, 3.05) is 11.9 Å². The highest BCUT2D eigenvalue weighted by molar-refractivity contribution is 9.10. The van der Waals surface area contributed by atoms with Crippen LogP contribution in [0.5, 0.6) is 0 Å². The summed E-state index contributed by atoms with van der Waals surface area (Å²) in [5, 5.41) is 3.24. The van der Waals surface area contributed by atoms with Crippen LogP contribution < -0.4 is 11.1 Å². The molecule has 5 heteroatoms. The number of hydrogen-bond donors (Lipinski definition) is 2. The second kappa shape index (κ2) is 6.50. The molecule has 1 unspecified atom stereocenters. The third kappa shape index (κ3) is 3.78. The summed E-state index contributed by atoms with van der Waals surface area (Å²) in [6.45, 7) is 0.305. The Bertz CT molecular complexity index is 575. The van der Waals surface area contributed by atoms with Gasteiger partial charge in [-0.25, -0.2) is 4.39 Å². The highest BCUT2D eigenvalue weighted by Crippen LogP contribution is 2.25. The van der Waals surface area contributed by atoms with Gasteiger partial charge in [0.15, 0.2) is 0 Å². The Morgan fingerprint density at radius 2 is 1.84 bits per heavy atom. The smallest absolute Gasteiger partial charge is 0.128 e. The van der Waals surface area contributed by atoms with Crippen LogP contribution in [0.3, 0.4) is 0 Å². The average Bonchev–Trinajstić information content (AvgIpc) is 2.39. The largest absolute Gasteiger partial charge is 0.377 e. The minimum absolute atomic E-state index is 0.263. The molecule has 2 aromatic rings. The molecule has 0 aliphatic heterocycles. The molecule has 0 aliphatic rings. The number of benzene rings is 2. The minimum atomic E-state index is -0.271. The van der Waals surface area contributed by atoms with E-state index in [2.05, 4.69) is 37.2 Å². The van der Waals surface area contributed by atoms with Crippen LogP contribution in [0.25, 0.3) is 0 Å². The summed E-state index contributed by atoms with van der Waals surface area (Å²) < 4.78 is 15.7. The maximum atomic E-state index is 13.9. The van der Waals surface area contributed by atoms with Crippen LogP contribution in [0.1, 0.15) is 11.6 Å². The van der Waals surface area contributed by atoms with E-state index >= 15 is 0 Å². The van der Waals surface area contributed by atoms with Crippen LogP contribution in [0, 0.1) is 5.82 Å². The maximum Gasteiger partial charge on any atom is 0.128 e. The van der Waals surface area contributed by atoms with Crippen LogP contribution >= 0.6 is 31.9 Å². The third-order valence-corrected chi connectivity index (χ3v) is 3.72. The fourth-order valence-corrected chi connectivity index (χ4v) is 2.60. The van der Waals surface area contributed by atoms with E-state index in [0.717, 1.165) is 14.6 Å². The summed E-state index contributed by atoms with van der Waals surface area (Å²) in [7, 11) is 0. The monoisotopic (exact) mass is 386 g/mol. The standard InChI is InChI=1S/C14H13Br2FN2/c15-9-2-1-3-11(6-9)19-14(8-18)12-7-10(16)4-5-13(12)17/h1-7,14,19H,8,18H2. The third-order valence-electron chi connectivity index (χ3n) is 2.73. The zero-order valence-electron chi connectivity index (χ0n) is 10.0. The number of nitrogens with two attached hydrogens (primary N) is 1.